The van der Waals surface area contributed by atoms with Crippen LogP contribution in [-0.2, 0) is 11.2 Å². The van der Waals surface area contributed by atoms with E-state index in [0.29, 0.717) is 50.2 Å². The number of carbonyl (C=O) groups excluding carboxylic acids is 2. The molecule has 0 spiro atoms. The first-order chi connectivity index (χ1) is 17.5. The van der Waals surface area contributed by atoms with Gasteiger partial charge in [0, 0.05) is 38.0 Å². The van der Waals surface area contributed by atoms with Crippen molar-refractivity contribution in [3.05, 3.63) is 75.5 Å². The van der Waals surface area contributed by atoms with E-state index in [-0.39, 0.29) is 22.9 Å². The largest absolute Gasteiger partial charge is 0.338 e. The number of hydrogen-bond acceptors (Lipinski definition) is 5. The van der Waals surface area contributed by atoms with Crippen molar-refractivity contribution in [3.63, 3.8) is 0 Å². The molecule has 5 rings (SSSR count). The van der Waals surface area contributed by atoms with Gasteiger partial charge in [0.1, 0.15) is 5.82 Å². The Kier molecular flexibility index (Phi) is 7.09. The number of amides is 2. The molecule has 0 saturated carbocycles. The fourth-order valence-electron chi connectivity index (χ4n) is 5.08. The van der Waals surface area contributed by atoms with Crippen molar-refractivity contribution >= 4 is 22.6 Å². The zero-order valence-electron chi connectivity index (χ0n) is 20.2. The Morgan fingerprint density at radius 2 is 1.58 bits per heavy atom. The van der Waals surface area contributed by atoms with Crippen LogP contribution >= 0.6 is 0 Å². The number of nitrogens with zero attached hydrogens (tertiary/aromatic N) is 4. The van der Waals surface area contributed by atoms with Crippen molar-refractivity contribution in [2.24, 2.45) is 0 Å². The van der Waals surface area contributed by atoms with Crippen LogP contribution in [0, 0.1) is 5.82 Å². The molecule has 0 bridgehead atoms. The number of nitrogens with one attached hydrogen (secondary N) is 1. The lowest BCUT2D eigenvalue weighted by atomic mass is 10.0. The molecule has 3 heterocycles. The lowest BCUT2D eigenvalue weighted by molar-refractivity contribution is -0.134. The lowest BCUT2D eigenvalue weighted by Crippen LogP contribution is -2.53. The summed E-state index contributed by atoms with van der Waals surface area (Å²) in [5.41, 5.74) is 1.11. The standard InChI is InChI=1S/C27H30FN5O3/c28-23-9-8-19(17-24-20-6-2-3-7-21(20)26(35)30-29-24)16-22(23)27(36)33-14-12-32(13-15-33)25(34)18-31-10-4-1-5-11-31/h2-3,6-9,16H,1,4-5,10-15,17-18H2,(H,30,35). The maximum absolute atomic E-state index is 14.7. The van der Waals surface area contributed by atoms with Crippen LogP contribution in [0.2, 0.25) is 0 Å². The highest BCUT2D eigenvalue weighted by Gasteiger charge is 2.27. The number of piperidine rings is 1. The van der Waals surface area contributed by atoms with Gasteiger partial charge in [-0.3, -0.25) is 19.3 Å². The molecular formula is C27H30FN5O3. The molecule has 8 nitrogen and oxygen atoms in total. The quantitative estimate of drug-likeness (QED) is 0.592. The summed E-state index contributed by atoms with van der Waals surface area (Å²) in [4.78, 5) is 43.6. The smallest absolute Gasteiger partial charge is 0.272 e. The summed E-state index contributed by atoms with van der Waals surface area (Å²) in [7, 11) is 0. The molecule has 1 N–H and O–H groups in total. The number of piperazine rings is 1. The highest BCUT2D eigenvalue weighted by atomic mass is 19.1. The van der Waals surface area contributed by atoms with Gasteiger partial charge < -0.3 is 9.80 Å². The molecule has 188 valence electrons. The molecule has 0 atom stereocenters. The maximum atomic E-state index is 14.7. The average Bonchev–Trinajstić information content (AvgIpc) is 2.92. The Balaban J connectivity index is 1.25. The van der Waals surface area contributed by atoms with Crippen molar-refractivity contribution in [2.45, 2.75) is 25.7 Å². The Hall–Kier alpha value is -3.59. The van der Waals surface area contributed by atoms with Crippen molar-refractivity contribution in [2.75, 3.05) is 45.8 Å². The van der Waals surface area contributed by atoms with Crippen LogP contribution in [0.5, 0.6) is 0 Å². The fourth-order valence-corrected chi connectivity index (χ4v) is 5.08. The molecule has 0 unspecified atom stereocenters. The van der Waals surface area contributed by atoms with Gasteiger partial charge in [-0.15, -0.1) is 0 Å². The molecule has 2 fully saturated rings. The van der Waals surface area contributed by atoms with Crippen molar-refractivity contribution in [1.82, 2.24) is 24.9 Å². The van der Waals surface area contributed by atoms with E-state index in [1.54, 1.807) is 34.1 Å². The van der Waals surface area contributed by atoms with Crippen LogP contribution in [0.1, 0.15) is 40.9 Å². The SMILES string of the molecule is O=C(CN1CCCCC1)N1CCN(C(=O)c2cc(Cc3n[nH]c(=O)c4ccccc34)ccc2F)CC1. The van der Waals surface area contributed by atoms with E-state index in [2.05, 4.69) is 15.1 Å². The van der Waals surface area contributed by atoms with E-state index in [1.165, 1.54) is 12.5 Å². The number of hydrogen-bond donors (Lipinski definition) is 1. The summed E-state index contributed by atoms with van der Waals surface area (Å²) in [5.74, 6) is -0.860. The Labute approximate surface area is 208 Å². The third-order valence-electron chi connectivity index (χ3n) is 7.13. The first kappa shape index (κ1) is 24.1. The van der Waals surface area contributed by atoms with E-state index < -0.39 is 5.82 Å². The second-order valence-electron chi connectivity index (χ2n) is 9.55. The molecular weight excluding hydrogens is 461 g/mol. The first-order valence-corrected chi connectivity index (χ1v) is 12.5. The number of benzene rings is 2. The summed E-state index contributed by atoms with van der Waals surface area (Å²) >= 11 is 0. The van der Waals surface area contributed by atoms with Crippen LogP contribution in [0.25, 0.3) is 10.8 Å². The predicted octanol–water partition coefficient (Wildman–Crippen LogP) is 2.42. The average molecular weight is 492 g/mol. The van der Waals surface area contributed by atoms with Gasteiger partial charge in [0.25, 0.3) is 11.5 Å². The predicted molar refractivity (Wildman–Crippen MR) is 134 cm³/mol. The number of fused-ring (bicyclic) bond motifs is 1. The Bertz CT molecular complexity index is 1330. The minimum atomic E-state index is -0.577. The summed E-state index contributed by atoms with van der Waals surface area (Å²) < 4.78 is 14.7. The van der Waals surface area contributed by atoms with Gasteiger partial charge in [-0.05, 0) is 49.7 Å². The molecule has 36 heavy (non-hydrogen) atoms. The van der Waals surface area contributed by atoms with Crippen molar-refractivity contribution in [3.8, 4) is 0 Å². The van der Waals surface area contributed by atoms with Gasteiger partial charge >= 0.3 is 0 Å². The third-order valence-corrected chi connectivity index (χ3v) is 7.13. The molecule has 1 aromatic heterocycles. The number of H-pyrrole nitrogens is 1. The minimum Gasteiger partial charge on any atom is -0.338 e. The summed E-state index contributed by atoms with van der Waals surface area (Å²) in [5, 5.41) is 7.96. The van der Waals surface area contributed by atoms with Crippen LogP contribution in [0.4, 0.5) is 4.39 Å². The highest BCUT2D eigenvalue weighted by molar-refractivity contribution is 5.95. The topological polar surface area (TPSA) is 89.6 Å². The van der Waals surface area contributed by atoms with Crippen LogP contribution in [0.3, 0.4) is 0 Å². The van der Waals surface area contributed by atoms with E-state index in [4.69, 9.17) is 0 Å². The van der Waals surface area contributed by atoms with E-state index >= 15 is 0 Å². The van der Waals surface area contributed by atoms with Crippen LogP contribution in [0.15, 0.2) is 47.3 Å². The molecule has 2 amide bonds. The maximum Gasteiger partial charge on any atom is 0.272 e. The molecule has 2 aliphatic heterocycles. The minimum absolute atomic E-state index is 0.00863. The van der Waals surface area contributed by atoms with Crippen LogP contribution < -0.4 is 5.56 Å². The second kappa shape index (κ2) is 10.6. The van der Waals surface area contributed by atoms with Gasteiger partial charge in [0.05, 0.1) is 23.2 Å². The molecule has 2 aliphatic rings. The molecule has 2 saturated heterocycles. The molecule has 3 aromatic rings. The first-order valence-electron chi connectivity index (χ1n) is 12.5. The lowest BCUT2D eigenvalue weighted by Gasteiger charge is -2.36. The van der Waals surface area contributed by atoms with Crippen molar-refractivity contribution < 1.29 is 14.0 Å². The highest BCUT2D eigenvalue weighted by Crippen LogP contribution is 2.20. The zero-order valence-corrected chi connectivity index (χ0v) is 20.2. The van der Waals surface area contributed by atoms with Crippen molar-refractivity contribution in [1.29, 1.82) is 0 Å². The van der Waals surface area contributed by atoms with Gasteiger partial charge in [-0.1, -0.05) is 30.7 Å². The molecule has 0 aliphatic carbocycles. The van der Waals surface area contributed by atoms with Gasteiger partial charge in [0.2, 0.25) is 5.91 Å². The molecule has 2 aromatic carbocycles. The number of carbonyl (C=O) groups is 2. The normalized spacial score (nSPS) is 16.9. The summed E-state index contributed by atoms with van der Waals surface area (Å²) in [6, 6.07) is 11.7. The van der Waals surface area contributed by atoms with Gasteiger partial charge in [-0.2, -0.15) is 5.10 Å². The Morgan fingerprint density at radius 3 is 2.33 bits per heavy atom. The number of likely N-dealkylation sites (tertiary alicyclic amines) is 1. The van der Waals surface area contributed by atoms with E-state index in [9.17, 15) is 18.8 Å². The summed E-state index contributed by atoms with van der Waals surface area (Å²) in [6.07, 6.45) is 3.83. The number of aromatic nitrogens is 2. The molecule has 0 radical (unpaired) electrons. The summed E-state index contributed by atoms with van der Waals surface area (Å²) in [6.45, 7) is 4.01. The van der Waals surface area contributed by atoms with Gasteiger partial charge in [0.15, 0.2) is 0 Å². The van der Waals surface area contributed by atoms with E-state index in [0.717, 1.165) is 36.9 Å². The number of aromatic amines is 1. The number of halogens is 1. The number of rotatable bonds is 5. The second-order valence-corrected chi connectivity index (χ2v) is 9.55. The van der Waals surface area contributed by atoms with E-state index in [1.807, 2.05) is 12.1 Å². The van der Waals surface area contributed by atoms with Crippen LogP contribution in [-0.4, -0.2) is 82.5 Å². The Morgan fingerprint density at radius 1 is 0.889 bits per heavy atom. The molecule has 9 heteroatoms. The monoisotopic (exact) mass is 491 g/mol. The fraction of sp³-hybridized carbons (Fsp3) is 0.407. The third kappa shape index (κ3) is 5.16. The van der Waals surface area contributed by atoms with Gasteiger partial charge in [-0.25, -0.2) is 9.49 Å². The zero-order chi connectivity index (χ0) is 25.1.